The summed E-state index contributed by atoms with van der Waals surface area (Å²) < 4.78 is 5.25. The minimum atomic E-state index is -0.456. The van der Waals surface area contributed by atoms with Crippen molar-refractivity contribution in [3.8, 4) is 5.75 Å². The number of amides is 1. The zero-order valence-corrected chi connectivity index (χ0v) is 7.83. The molecular weight excluding hydrogens is 166 g/mol. The number of hydrogen-bond donors (Lipinski definition) is 1. The van der Waals surface area contributed by atoms with Crippen LogP contribution in [0.5, 0.6) is 5.75 Å². The fourth-order valence-corrected chi connectivity index (χ4v) is 1.17. The van der Waals surface area contributed by atoms with E-state index in [-0.39, 0.29) is 6.61 Å². The number of rotatable bonds is 3. The van der Waals surface area contributed by atoms with E-state index < -0.39 is 5.91 Å². The Morgan fingerprint density at radius 3 is 2.38 bits per heavy atom. The van der Waals surface area contributed by atoms with Crippen LogP contribution in [0.15, 0.2) is 18.2 Å². The predicted molar refractivity (Wildman–Crippen MR) is 50.6 cm³/mol. The first-order valence-electron chi connectivity index (χ1n) is 4.08. The summed E-state index contributed by atoms with van der Waals surface area (Å²) in [6, 6.07) is 5.81. The second kappa shape index (κ2) is 3.94. The molecule has 3 nitrogen and oxygen atoms in total. The molecule has 0 heterocycles. The van der Waals surface area contributed by atoms with E-state index in [1.165, 1.54) is 0 Å². The molecule has 2 N–H and O–H groups in total. The Morgan fingerprint density at radius 1 is 1.38 bits per heavy atom. The number of primary amides is 1. The highest BCUT2D eigenvalue weighted by atomic mass is 16.5. The number of ether oxygens (including phenoxy) is 1. The minimum Gasteiger partial charge on any atom is -0.483 e. The summed E-state index contributed by atoms with van der Waals surface area (Å²) in [6.45, 7) is 3.80. The van der Waals surface area contributed by atoms with Gasteiger partial charge in [-0.15, -0.1) is 0 Å². The SMILES string of the molecule is Cc1cccc(C)c1OCC(N)=O. The number of aryl methyl sites for hydroxylation is 2. The molecule has 0 saturated heterocycles. The fraction of sp³-hybridized carbons (Fsp3) is 0.300. The Kier molecular flexibility index (Phi) is 2.90. The van der Waals surface area contributed by atoms with Crippen LogP contribution in [0.1, 0.15) is 11.1 Å². The lowest BCUT2D eigenvalue weighted by Crippen LogP contribution is -2.20. The number of hydrogen-bond acceptors (Lipinski definition) is 2. The molecule has 70 valence electrons. The van der Waals surface area contributed by atoms with E-state index in [2.05, 4.69) is 0 Å². The highest BCUT2D eigenvalue weighted by molar-refractivity contribution is 5.75. The van der Waals surface area contributed by atoms with Crippen LogP contribution in [0, 0.1) is 13.8 Å². The second-order valence-corrected chi connectivity index (χ2v) is 2.98. The Morgan fingerprint density at radius 2 is 1.92 bits per heavy atom. The van der Waals surface area contributed by atoms with Crippen LogP contribution >= 0.6 is 0 Å². The van der Waals surface area contributed by atoms with Crippen molar-refractivity contribution in [2.75, 3.05) is 6.61 Å². The summed E-state index contributed by atoms with van der Waals surface area (Å²) in [5, 5.41) is 0. The lowest BCUT2D eigenvalue weighted by atomic mass is 10.1. The fourth-order valence-electron chi connectivity index (χ4n) is 1.17. The van der Waals surface area contributed by atoms with Crippen LogP contribution in [-0.4, -0.2) is 12.5 Å². The van der Waals surface area contributed by atoms with Gasteiger partial charge >= 0.3 is 0 Å². The normalized spacial score (nSPS) is 9.69. The monoisotopic (exact) mass is 179 g/mol. The van der Waals surface area contributed by atoms with Crippen molar-refractivity contribution in [3.63, 3.8) is 0 Å². The van der Waals surface area contributed by atoms with Crippen molar-refractivity contribution in [1.82, 2.24) is 0 Å². The lowest BCUT2D eigenvalue weighted by Gasteiger charge is -2.09. The molecule has 1 aromatic rings. The molecule has 0 atom stereocenters. The molecule has 3 heteroatoms. The van der Waals surface area contributed by atoms with Gasteiger partial charge in [-0.2, -0.15) is 0 Å². The van der Waals surface area contributed by atoms with E-state index in [4.69, 9.17) is 10.5 Å². The minimum absolute atomic E-state index is 0.0638. The molecule has 0 saturated carbocycles. The van der Waals surface area contributed by atoms with Crippen molar-refractivity contribution in [2.24, 2.45) is 5.73 Å². The number of carbonyl (C=O) groups excluding carboxylic acids is 1. The average Bonchev–Trinajstić information content (AvgIpc) is 2.03. The van der Waals surface area contributed by atoms with Crippen LogP contribution in [-0.2, 0) is 4.79 Å². The highest BCUT2D eigenvalue weighted by Gasteiger charge is 2.03. The average molecular weight is 179 g/mol. The summed E-state index contributed by atoms with van der Waals surface area (Å²) in [5.74, 6) is 0.295. The van der Waals surface area contributed by atoms with Gasteiger partial charge in [0, 0.05) is 0 Å². The number of nitrogens with two attached hydrogens (primary N) is 1. The Labute approximate surface area is 77.5 Å². The third-order valence-corrected chi connectivity index (χ3v) is 1.77. The molecule has 0 aromatic heterocycles. The van der Waals surface area contributed by atoms with Gasteiger partial charge in [0.2, 0.25) is 0 Å². The maximum atomic E-state index is 10.5. The predicted octanol–water partition coefficient (Wildman–Crippen LogP) is 1.17. The maximum absolute atomic E-state index is 10.5. The van der Waals surface area contributed by atoms with Gasteiger partial charge in [-0.3, -0.25) is 4.79 Å². The van der Waals surface area contributed by atoms with E-state index >= 15 is 0 Å². The molecule has 0 aliphatic heterocycles. The van der Waals surface area contributed by atoms with E-state index in [1.807, 2.05) is 32.0 Å². The topological polar surface area (TPSA) is 52.3 Å². The molecule has 0 unspecified atom stereocenters. The summed E-state index contributed by atoms with van der Waals surface area (Å²) in [7, 11) is 0. The van der Waals surface area contributed by atoms with Gasteiger partial charge in [-0.1, -0.05) is 18.2 Å². The molecule has 0 aliphatic rings. The van der Waals surface area contributed by atoms with Crippen molar-refractivity contribution in [3.05, 3.63) is 29.3 Å². The summed E-state index contributed by atoms with van der Waals surface area (Å²) in [6.07, 6.45) is 0. The van der Waals surface area contributed by atoms with Crippen molar-refractivity contribution >= 4 is 5.91 Å². The van der Waals surface area contributed by atoms with Crippen LogP contribution in [0.3, 0.4) is 0 Å². The van der Waals surface area contributed by atoms with E-state index in [9.17, 15) is 4.79 Å². The molecule has 1 amide bonds. The second-order valence-electron chi connectivity index (χ2n) is 2.98. The van der Waals surface area contributed by atoms with Crippen molar-refractivity contribution in [1.29, 1.82) is 0 Å². The Balaban J connectivity index is 2.81. The Hall–Kier alpha value is -1.51. The molecule has 0 aliphatic carbocycles. The quantitative estimate of drug-likeness (QED) is 0.757. The molecule has 13 heavy (non-hydrogen) atoms. The van der Waals surface area contributed by atoms with Crippen molar-refractivity contribution < 1.29 is 9.53 Å². The molecule has 0 bridgehead atoms. The Bertz CT molecular complexity index is 300. The van der Waals surface area contributed by atoms with Crippen LogP contribution in [0.2, 0.25) is 0 Å². The van der Waals surface area contributed by atoms with Gasteiger partial charge in [-0.25, -0.2) is 0 Å². The standard InChI is InChI=1S/C10H13NO2/c1-7-4-3-5-8(2)10(7)13-6-9(11)12/h3-5H,6H2,1-2H3,(H2,11,12). The number of carbonyl (C=O) groups is 1. The van der Waals surface area contributed by atoms with Crippen molar-refractivity contribution in [2.45, 2.75) is 13.8 Å². The third-order valence-electron chi connectivity index (χ3n) is 1.77. The van der Waals surface area contributed by atoms with Gasteiger partial charge in [-0.05, 0) is 25.0 Å². The number of para-hydroxylation sites is 1. The zero-order chi connectivity index (χ0) is 9.84. The van der Waals surface area contributed by atoms with E-state index in [0.29, 0.717) is 0 Å². The molecule has 0 spiro atoms. The molecule has 0 radical (unpaired) electrons. The zero-order valence-electron chi connectivity index (χ0n) is 7.83. The van der Waals surface area contributed by atoms with Crippen LogP contribution in [0.4, 0.5) is 0 Å². The van der Waals surface area contributed by atoms with Gasteiger partial charge in [0.25, 0.3) is 5.91 Å². The third kappa shape index (κ3) is 2.47. The molecule has 1 aromatic carbocycles. The lowest BCUT2D eigenvalue weighted by molar-refractivity contribution is -0.119. The summed E-state index contributed by atoms with van der Waals surface area (Å²) >= 11 is 0. The van der Waals surface area contributed by atoms with Crippen LogP contribution in [0.25, 0.3) is 0 Å². The first-order chi connectivity index (χ1) is 6.11. The molecule has 1 rings (SSSR count). The highest BCUT2D eigenvalue weighted by Crippen LogP contribution is 2.21. The van der Waals surface area contributed by atoms with E-state index in [0.717, 1.165) is 16.9 Å². The first-order valence-corrected chi connectivity index (χ1v) is 4.08. The smallest absolute Gasteiger partial charge is 0.255 e. The molecule has 0 fully saturated rings. The number of benzene rings is 1. The molecular formula is C10H13NO2. The summed E-state index contributed by atoms with van der Waals surface area (Å²) in [5.41, 5.74) is 7.01. The van der Waals surface area contributed by atoms with Gasteiger partial charge in [0.05, 0.1) is 0 Å². The van der Waals surface area contributed by atoms with Crippen LogP contribution < -0.4 is 10.5 Å². The largest absolute Gasteiger partial charge is 0.483 e. The van der Waals surface area contributed by atoms with E-state index in [1.54, 1.807) is 0 Å². The summed E-state index contributed by atoms with van der Waals surface area (Å²) in [4.78, 5) is 10.5. The maximum Gasteiger partial charge on any atom is 0.255 e. The first kappa shape index (κ1) is 9.58. The van der Waals surface area contributed by atoms with Gasteiger partial charge in [0.15, 0.2) is 6.61 Å². The van der Waals surface area contributed by atoms with Gasteiger partial charge in [0.1, 0.15) is 5.75 Å². The van der Waals surface area contributed by atoms with Gasteiger partial charge < -0.3 is 10.5 Å².